The Morgan fingerprint density at radius 2 is 1.43 bits per heavy atom. The molecule has 0 heterocycles. The highest BCUT2D eigenvalue weighted by molar-refractivity contribution is 7.89. The first-order valence-electron chi connectivity index (χ1n) is 11.1. The number of halogens is 1. The second kappa shape index (κ2) is 11.2. The van der Waals surface area contributed by atoms with Crippen molar-refractivity contribution in [1.29, 1.82) is 0 Å². The van der Waals surface area contributed by atoms with Gasteiger partial charge in [-0.2, -0.15) is 4.72 Å². The first-order valence-corrected chi connectivity index (χ1v) is 12.9. The van der Waals surface area contributed by atoms with Crippen molar-refractivity contribution in [3.05, 3.63) is 142 Å². The van der Waals surface area contributed by atoms with Crippen molar-refractivity contribution in [3.63, 3.8) is 0 Å². The van der Waals surface area contributed by atoms with Crippen molar-refractivity contribution in [1.82, 2.24) is 4.72 Å². The molecule has 0 unspecified atom stereocenters. The van der Waals surface area contributed by atoms with Crippen molar-refractivity contribution in [2.75, 3.05) is 0 Å². The van der Waals surface area contributed by atoms with Crippen LogP contribution in [0.2, 0.25) is 5.02 Å². The SMILES string of the molecule is Cc1ccc(S(=O)(=O)N[C@H](/C(C#Cc2ccccc2)=C/c2ccccc2)c2ccc(Cl)cc2)cc1. The smallest absolute Gasteiger partial charge is 0.207 e. The molecule has 1 N–H and O–H groups in total. The normalized spacial score (nSPS) is 12.5. The second-order valence-electron chi connectivity index (χ2n) is 8.05. The maximum absolute atomic E-state index is 13.4. The van der Waals surface area contributed by atoms with E-state index in [0.717, 1.165) is 22.3 Å². The van der Waals surface area contributed by atoms with E-state index in [2.05, 4.69) is 16.6 Å². The van der Waals surface area contributed by atoms with E-state index < -0.39 is 16.1 Å². The molecule has 0 radical (unpaired) electrons. The Labute approximate surface area is 212 Å². The maximum atomic E-state index is 13.4. The Morgan fingerprint density at radius 1 is 0.829 bits per heavy atom. The van der Waals surface area contributed by atoms with Crippen LogP contribution in [0.15, 0.2) is 120 Å². The number of benzene rings is 4. The van der Waals surface area contributed by atoms with Gasteiger partial charge in [-0.25, -0.2) is 8.42 Å². The summed E-state index contributed by atoms with van der Waals surface area (Å²) in [6, 6.07) is 32.5. The molecule has 0 aliphatic rings. The third-order valence-electron chi connectivity index (χ3n) is 5.37. The van der Waals surface area contributed by atoms with Gasteiger partial charge in [-0.15, -0.1) is 0 Å². The van der Waals surface area contributed by atoms with Gasteiger partial charge in [0.25, 0.3) is 0 Å². The van der Waals surface area contributed by atoms with Gasteiger partial charge in [-0.3, -0.25) is 0 Å². The van der Waals surface area contributed by atoms with E-state index in [0.29, 0.717) is 10.6 Å². The average Bonchev–Trinajstić information content (AvgIpc) is 2.87. The largest absolute Gasteiger partial charge is 0.241 e. The van der Waals surface area contributed by atoms with E-state index in [4.69, 9.17) is 11.6 Å². The summed E-state index contributed by atoms with van der Waals surface area (Å²) in [5.41, 5.74) is 4.07. The molecule has 174 valence electrons. The number of aryl methyl sites for hydroxylation is 1. The average molecular weight is 498 g/mol. The number of nitrogens with one attached hydrogen (secondary N) is 1. The molecule has 5 heteroatoms. The van der Waals surface area contributed by atoms with Gasteiger partial charge in [0.05, 0.1) is 10.9 Å². The van der Waals surface area contributed by atoms with Gasteiger partial charge in [0.1, 0.15) is 0 Å². The monoisotopic (exact) mass is 497 g/mol. The number of hydrogen-bond donors (Lipinski definition) is 1. The summed E-state index contributed by atoms with van der Waals surface area (Å²) in [4.78, 5) is 0.192. The molecule has 0 saturated heterocycles. The quantitative estimate of drug-likeness (QED) is 0.298. The van der Waals surface area contributed by atoms with Gasteiger partial charge in [0, 0.05) is 16.2 Å². The molecule has 3 nitrogen and oxygen atoms in total. The minimum Gasteiger partial charge on any atom is -0.207 e. The summed E-state index contributed by atoms with van der Waals surface area (Å²) >= 11 is 6.13. The molecule has 4 aromatic rings. The number of rotatable bonds is 6. The van der Waals surface area contributed by atoms with E-state index in [-0.39, 0.29) is 4.90 Å². The maximum Gasteiger partial charge on any atom is 0.241 e. The van der Waals surface area contributed by atoms with E-state index in [1.165, 1.54) is 0 Å². The lowest BCUT2D eigenvalue weighted by Gasteiger charge is -2.20. The van der Waals surface area contributed by atoms with Gasteiger partial charge < -0.3 is 0 Å². The van der Waals surface area contributed by atoms with Crippen LogP contribution >= 0.6 is 11.6 Å². The Balaban J connectivity index is 1.84. The van der Waals surface area contributed by atoms with Crippen molar-refractivity contribution in [2.45, 2.75) is 17.9 Å². The third-order valence-corrected chi connectivity index (χ3v) is 7.06. The summed E-state index contributed by atoms with van der Waals surface area (Å²) in [6.45, 7) is 1.92. The van der Waals surface area contributed by atoms with Crippen LogP contribution in [0.25, 0.3) is 6.08 Å². The number of hydrogen-bond acceptors (Lipinski definition) is 2. The van der Waals surface area contributed by atoms with E-state index in [1.807, 2.05) is 85.8 Å². The van der Waals surface area contributed by atoms with Crippen LogP contribution in [0.5, 0.6) is 0 Å². The fourth-order valence-electron chi connectivity index (χ4n) is 3.49. The van der Waals surface area contributed by atoms with Crippen molar-refractivity contribution in [2.24, 2.45) is 0 Å². The Morgan fingerprint density at radius 3 is 2.06 bits per heavy atom. The first kappa shape index (κ1) is 24.5. The highest BCUT2D eigenvalue weighted by Gasteiger charge is 2.24. The molecule has 0 aromatic heterocycles. The molecule has 4 rings (SSSR count). The predicted octanol–water partition coefficient (Wildman–Crippen LogP) is 6.80. The lowest BCUT2D eigenvalue weighted by atomic mass is 9.97. The minimum atomic E-state index is -3.85. The molecule has 0 aliphatic heterocycles. The van der Waals surface area contributed by atoms with Crippen LogP contribution in [-0.2, 0) is 10.0 Å². The van der Waals surface area contributed by atoms with Gasteiger partial charge in [-0.05, 0) is 60.5 Å². The molecule has 0 aliphatic carbocycles. The highest BCUT2D eigenvalue weighted by atomic mass is 35.5. The van der Waals surface area contributed by atoms with E-state index in [1.54, 1.807) is 36.4 Å². The topological polar surface area (TPSA) is 46.2 Å². The van der Waals surface area contributed by atoms with Crippen molar-refractivity contribution < 1.29 is 8.42 Å². The van der Waals surface area contributed by atoms with Crippen molar-refractivity contribution >= 4 is 27.7 Å². The zero-order chi connectivity index (χ0) is 24.7. The van der Waals surface area contributed by atoms with Crippen LogP contribution in [0.3, 0.4) is 0 Å². The van der Waals surface area contributed by atoms with Crippen LogP contribution in [0.1, 0.15) is 28.3 Å². The zero-order valence-electron chi connectivity index (χ0n) is 19.1. The van der Waals surface area contributed by atoms with Gasteiger partial charge in [0.2, 0.25) is 10.0 Å². The van der Waals surface area contributed by atoms with Crippen LogP contribution < -0.4 is 4.72 Å². The molecule has 4 aromatic carbocycles. The lowest BCUT2D eigenvalue weighted by Crippen LogP contribution is -2.29. The molecule has 0 bridgehead atoms. The predicted molar refractivity (Wildman–Crippen MR) is 143 cm³/mol. The molecular weight excluding hydrogens is 474 g/mol. The lowest BCUT2D eigenvalue weighted by molar-refractivity contribution is 0.572. The summed E-state index contributed by atoms with van der Waals surface area (Å²) in [5.74, 6) is 6.41. The fourth-order valence-corrected chi connectivity index (χ4v) is 4.82. The fraction of sp³-hybridized carbons (Fsp3) is 0.0667. The molecule has 0 fully saturated rings. The second-order valence-corrected chi connectivity index (χ2v) is 10.2. The number of sulfonamides is 1. The minimum absolute atomic E-state index is 0.192. The molecule has 0 saturated carbocycles. The Kier molecular flexibility index (Phi) is 7.84. The molecule has 35 heavy (non-hydrogen) atoms. The summed E-state index contributed by atoms with van der Waals surface area (Å²) in [7, 11) is -3.85. The van der Waals surface area contributed by atoms with Gasteiger partial charge in [-0.1, -0.05) is 102 Å². The van der Waals surface area contributed by atoms with Crippen LogP contribution in [0, 0.1) is 18.8 Å². The van der Waals surface area contributed by atoms with Crippen LogP contribution in [-0.4, -0.2) is 8.42 Å². The highest BCUT2D eigenvalue weighted by Crippen LogP contribution is 2.27. The summed E-state index contributed by atoms with van der Waals surface area (Å²) in [5, 5.41) is 0.567. The Hall–Kier alpha value is -3.62. The van der Waals surface area contributed by atoms with Gasteiger partial charge in [0.15, 0.2) is 0 Å². The molecule has 0 spiro atoms. The summed E-state index contributed by atoms with van der Waals surface area (Å²) in [6.07, 6.45) is 1.91. The molecule has 0 amide bonds. The van der Waals surface area contributed by atoms with E-state index in [9.17, 15) is 8.42 Å². The third kappa shape index (κ3) is 6.71. The molecular formula is C30H24ClNO2S. The molecule has 1 atom stereocenters. The van der Waals surface area contributed by atoms with Gasteiger partial charge >= 0.3 is 0 Å². The van der Waals surface area contributed by atoms with E-state index >= 15 is 0 Å². The first-order chi connectivity index (χ1) is 16.9. The zero-order valence-corrected chi connectivity index (χ0v) is 20.7. The van der Waals surface area contributed by atoms with Crippen molar-refractivity contribution in [3.8, 4) is 11.8 Å². The standard InChI is InChI=1S/C30H24ClNO2S/c1-23-12-20-29(21-13-23)35(33,34)32-30(26-16-18-28(31)19-17-26)27(22-25-10-6-3-7-11-25)15-14-24-8-4-2-5-9-24/h2-13,16-22,30,32H,1H3/b27-22+/t30-/m0/s1. The summed E-state index contributed by atoms with van der Waals surface area (Å²) < 4.78 is 29.7. The van der Waals surface area contributed by atoms with Crippen LogP contribution in [0.4, 0.5) is 0 Å². The Bertz CT molecular complexity index is 1470.